The molecule has 0 saturated heterocycles. The second kappa shape index (κ2) is 5.97. The van der Waals surface area contributed by atoms with E-state index in [1.165, 1.54) is 12.1 Å². The van der Waals surface area contributed by atoms with Crippen molar-refractivity contribution >= 4 is 11.9 Å². The van der Waals surface area contributed by atoms with Gasteiger partial charge in [0, 0.05) is 11.8 Å². The van der Waals surface area contributed by atoms with Crippen LogP contribution >= 0.6 is 0 Å². The summed E-state index contributed by atoms with van der Waals surface area (Å²) in [7, 11) is 0. The molecule has 5 nitrogen and oxygen atoms in total. The smallest absolute Gasteiger partial charge is 0.335 e. The standard InChI is InChI=1S/C15H14N2O3/c1-10-4-3-7-16-13(10)9-17-14(18)11-5-2-6-12(8-11)15(19)20/h2-8H,9H2,1H3,(H,17,18)(H,19,20). The van der Waals surface area contributed by atoms with Crippen LogP contribution in [0.2, 0.25) is 0 Å². The van der Waals surface area contributed by atoms with Crippen LogP contribution in [-0.2, 0) is 6.54 Å². The summed E-state index contributed by atoms with van der Waals surface area (Å²) in [6.45, 7) is 2.22. The first-order valence-corrected chi connectivity index (χ1v) is 6.10. The predicted octanol–water partition coefficient (Wildman–Crippen LogP) is 2.02. The monoisotopic (exact) mass is 270 g/mol. The third-order valence-corrected chi connectivity index (χ3v) is 2.91. The summed E-state index contributed by atoms with van der Waals surface area (Å²) in [6.07, 6.45) is 1.67. The first-order valence-electron chi connectivity index (χ1n) is 6.10. The molecule has 0 fully saturated rings. The number of aryl methyl sites for hydroxylation is 1. The van der Waals surface area contributed by atoms with Gasteiger partial charge in [-0.15, -0.1) is 0 Å². The van der Waals surface area contributed by atoms with Crippen molar-refractivity contribution in [3.05, 3.63) is 65.0 Å². The third kappa shape index (κ3) is 3.20. The molecule has 1 heterocycles. The number of hydrogen-bond acceptors (Lipinski definition) is 3. The Morgan fingerprint density at radius 3 is 2.65 bits per heavy atom. The molecule has 2 N–H and O–H groups in total. The van der Waals surface area contributed by atoms with E-state index < -0.39 is 5.97 Å². The lowest BCUT2D eigenvalue weighted by molar-refractivity contribution is 0.0697. The lowest BCUT2D eigenvalue weighted by Crippen LogP contribution is -2.24. The third-order valence-electron chi connectivity index (χ3n) is 2.91. The normalized spacial score (nSPS) is 10.1. The number of carboxylic acids is 1. The van der Waals surface area contributed by atoms with Crippen molar-refractivity contribution in [2.24, 2.45) is 0 Å². The van der Waals surface area contributed by atoms with Gasteiger partial charge >= 0.3 is 5.97 Å². The van der Waals surface area contributed by atoms with E-state index in [0.29, 0.717) is 12.1 Å². The minimum atomic E-state index is -1.06. The molecule has 2 rings (SSSR count). The minimum Gasteiger partial charge on any atom is -0.478 e. The quantitative estimate of drug-likeness (QED) is 0.890. The number of rotatable bonds is 4. The average molecular weight is 270 g/mol. The number of benzene rings is 1. The van der Waals surface area contributed by atoms with E-state index in [1.807, 2.05) is 19.1 Å². The second-order valence-corrected chi connectivity index (χ2v) is 4.34. The van der Waals surface area contributed by atoms with Gasteiger partial charge < -0.3 is 10.4 Å². The van der Waals surface area contributed by atoms with Crippen LogP contribution in [0.1, 0.15) is 32.0 Å². The number of nitrogens with zero attached hydrogens (tertiary/aromatic N) is 1. The van der Waals surface area contributed by atoms with Gasteiger partial charge in [-0.25, -0.2) is 4.79 Å². The number of carbonyl (C=O) groups is 2. The van der Waals surface area contributed by atoms with Gasteiger partial charge in [0.1, 0.15) is 0 Å². The molecule has 0 radical (unpaired) electrons. The molecule has 0 aliphatic heterocycles. The summed E-state index contributed by atoms with van der Waals surface area (Å²) >= 11 is 0. The number of pyridine rings is 1. The Labute approximate surface area is 116 Å². The lowest BCUT2D eigenvalue weighted by atomic mass is 10.1. The molecule has 0 unspecified atom stereocenters. The molecule has 0 saturated carbocycles. The van der Waals surface area contributed by atoms with E-state index in [-0.39, 0.29) is 11.5 Å². The van der Waals surface area contributed by atoms with Gasteiger partial charge in [-0.1, -0.05) is 12.1 Å². The van der Waals surface area contributed by atoms with Crippen molar-refractivity contribution in [2.75, 3.05) is 0 Å². The van der Waals surface area contributed by atoms with Gasteiger partial charge in [-0.2, -0.15) is 0 Å². The average Bonchev–Trinajstić information content (AvgIpc) is 2.46. The van der Waals surface area contributed by atoms with Crippen LogP contribution in [0.5, 0.6) is 0 Å². The summed E-state index contributed by atoms with van der Waals surface area (Å²) in [5.74, 6) is -1.38. The summed E-state index contributed by atoms with van der Waals surface area (Å²) in [5, 5.41) is 11.6. The highest BCUT2D eigenvalue weighted by atomic mass is 16.4. The molecule has 0 atom stereocenters. The van der Waals surface area contributed by atoms with Crippen LogP contribution in [0.25, 0.3) is 0 Å². The second-order valence-electron chi connectivity index (χ2n) is 4.34. The molecule has 1 aromatic heterocycles. The molecule has 0 spiro atoms. The summed E-state index contributed by atoms with van der Waals surface area (Å²) < 4.78 is 0. The van der Waals surface area contributed by atoms with Crippen molar-refractivity contribution < 1.29 is 14.7 Å². The van der Waals surface area contributed by atoms with Gasteiger partial charge in [0.15, 0.2) is 0 Å². The molecule has 102 valence electrons. The van der Waals surface area contributed by atoms with Crippen LogP contribution in [0.15, 0.2) is 42.6 Å². The van der Waals surface area contributed by atoms with Crippen molar-refractivity contribution in [3.63, 3.8) is 0 Å². The van der Waals surface area contributed by atoms with E-state index >= 15 is 0 Å². The molecule has 0 bridgehead atoms. The molecule has 5 heteroatoms. The van der Waals surface area contributed by atoms with E-state index in [0.717, 1.165) is 11.3 Å². The van der Waals surface area contributed by atoms with Gasteiger partial charge in [0.05, 0.1) is 17.8 Å². The molecule has 1 amide bonds. The Hall–Kier alpha value is -2.69. The maximum Gasteiger partial charge on any atom is 0.335 e. The van der Waals surface area contributed by atoms with Gasteiger partial charge in [-0.05, 0) is 36.8 Å². The Kier molecular flexibility index (Phi) is 4.10. The molecule has 2 aromatic rings. The van der Waals surface area contributed by atoms with Crippen LogP contribution in [0.4, 0.5) is 0 Å². The zero-order chi connectivity index (χ0) is 14.5. The van der Waals surface area contributed by atoms with E-state index in [1.54, 1.807) is 18.3 Å². The van der Waals surface area contributed by atoms with Gasteiger partial charge in [0.2, 0.25) is 0 Å². The predicted molar refractivity (Wildman–Crippen MR) is 73.5 cm³/mol. The SMILES string of the molecule is Cc1cccnc1CNC(=O)c1cccc(C(=O)O)c1. The molecule has 1 aromatic carbocycles. The highest BCUT2D eigenvalue weighted by Gasteiger charge is 2.09. The Balaban J connectivity index is 2.07. The van der Waals surface area contributed by atoms with E-state index in [2.05, 4.69) is 10.3 Å². The topological polar surface area (TPSA) is 79.3 Å². The van der Waals surface area contributed by atoms with Gasteiger partial charge in [-0.3, -0.25) is 9.78 Å². The Morgan fingerprint density at radius 2 is 1.95 bits per heavy atom. The van der Waals surface area contributed by atoms with E-state index in [9.17, 15) is 9.59 Å². The highest BCUT2D eigenvalue weighted by molar-refractivity contribution is 5.97. The molecule has 20 heavy (non-hydrogen) atoms. The maximum absolute atomic E-state index is 12.0. The fraction of sp³-hybridized carbons (Fsp3) is 0.133. The summed E-state index contributed by atoms with van der Waals surface area (Å²) in [6, 6.07) is 9.67. The van der Waals surface area contributed by atoms with Crippen LogP contribution < -0.4 is 5.32 Å². The summed E-state index contributed by atoms with van der Waals surface area (Å²) in [5.41, 5.74) is 2.19. The number of carbonyl (C=O) groups excluding carboxylic acids is 1. The number of amides is 1. The molecule has 0 aliphatic carbocycles. The largest absolute Gasteiger partial charge is 0.478 e. The Bertz CT molecular complexity index is 653. The Morgan fingerprint density at radius 1 is 1.20 bits per heavy atom. The minimum absolute atomic E-state index is 0.0895. The van der Waals surface area contributed by atoms with Crippen molar-refractivity contribution in [1.29, 1.82) is 0 Å². The van der Waals surface area contributed by atoms with E-state index in [4.69, 9.17) is 5.11 Å². The van der Waals surface area contributed by atoms with Crippen molar-refractivity contribution in [1.82, 2.24) is 10.3 Å². The molecule has 0 aliphatic rings. The van der Waals surface area contributed by atoms with Crippen molar-refractivity contribution in [3.8, 4) is 0 Å². The summed E-state index contributed by atoms with van der Waals surface area (Å²) in [4.78, 5) is 27.0. The number of aromatic carboxylic acids is 1. The van der Waals surface area contributed by atoms with Crippen molar-refractivity contribution in [2.45, 2.75) is 13.5 Å². The molecular formula is C15H14N2O3. The number of nitrogens with one attached hydrogen (secondary N) is 1. The maximum atomic E-state index is 12.0. The fourth-order valence-corrected chi connectivity index (χ4v) is 1.76. The number of aromatic nitrogens is 1. The zero-order valence-corrected chi connectivity index (χ0v) is 11.0. The van der Waals surface area contributed by atoms with Crippen LogP contribution in [0, 0.1) is 6.92 Å². The van der Waals surface area contributed by atoms with Crippen LogP contribution in [-0.4, -0.2) is 22.0 Å². The van der Waals surface area contributed by atoms with Gasteiger partial charge in [0.25, 0.3) is 5.91 Å². The fourth-order valence-electron chi connectivity index (χ4n) is 1.76. The molecular weight excluding hydrogens is 256 g/mol. The first kappa shape index (κ1) is 13.7. The first-order chi connectivity index (χ1) is 9.58. The number of hydrogen-bond donors (Lipinski definition) is 2. The highest BCUT2D eigenvalue weighted by Crippen LogP contribution is 2.07. The number of carboxylic acid groups (broad SMARTS) is 1. The lowest BCUT2D eigenvalue weighted by Gasteiger charge is -2.07. The van der Waals surface area contributed by atoms with Crippen LogP contribution in [0.3, 0.4) is 0 Å². The zero-order valence-electron chi connectivity index (χ0n) is 11.0.